The zero-order valence-corrected chi connectivity index (χ0v) is 11.2. The molecule has 0 spiro atoms. The van der Waals surface area contributed by atoms with Gasteiger partial charge in [-0.15, -0.1) is 0 Å². The van der Waals surface area contributed by atoms with Crippen molar-refractivity contribution in [3.8, 4) is 0 Å². The van der Waals surface area contributed by atoms with E-state index in [2.05, 4.69) is 14.9 Å². The van der Waals surface area contributed by atoms with Crippen molar-refractivity contribution in [2.24, 2.45) is 0 Å². The molecular formula is C12H15N3O3S. The summed E-state index contributed by atoms with van der Waals surface area (Å²) in [5.41, 5.74) is 1.16. The van der Waals surface area contributed by atoms with Crippen LogP contribution in [0.4, 0.5) is 0 Å². The van der Waals surface area contributed by atoms with Gasteiger partial charge < -0.3 is 5.11 Å². The number of aromatic amines is 1. The highest BCUT2D eigenvalue weighted by atomic mass is 32.2. The maximum Gasteiger partial charge on any atom is 0.244 e. The van der Waals surface area contributed by atoms with E-state index in [-0.39, 0.29) is 11.5 Å². The second-order valence-electron chi connectivity index (χ2n) is 4.13. The van der Waals surface area contributed by atoms with E-state index in [4.69, 9.17) is 0 Å². The second-order valence-corrected chi connectivity index (χ2v) is 5.81. The fourth-order valence-electron chi connectivity index (χ4n) is 1.76. The summed E-state index contributed by atoms with van der Waals surface area (Å²) >= 11 is 0. The Labute approximate surface area is 111 Å². The largest absolute Gasteiger partial charge is 0.394 e. The Morgan fingerprint density at radius 1 is 1.37 bits per heavy atom. The zero-order valence-electron chi connectivity index (χ0n) is 10.4. The monoisotopic (exact) mass is 281 g/mol. The molecule has 0 bridgehead atoms. The molecule has 1 unspecified atom stereocenters. The van der Waals surface area contributed by atoms with E-state index >= 15 is 0 Å². The number of aliphatic hydroxyl groups excluding tert-OH is 1. The molecule has 3 N–H and O–H groups in total. The summed E-state index contributed by atoms with van der Waals surface area (Å²) < 4.78 is 26.8. The Balaban J connectivity index is 2.27. The van der Waals surface area contributed by atoms with Crippen LogP contribution in [0.1, 0.15) is 17.3 Å². The van der Waals surface area contributed by atoms with Gasteiger partial charge in [-0.25, -0.2) is 13.1 Å². The van der Waals surface area contributed by atoms with Crippen LogP contribution in [0.15, 0.2) is 41.4 Å². The van der Waals surface area contributed by atoms with Crippen LogP contribution in [0.25, 0.3) is 0 Å². The molecule has 1 aromatic carbocycles. The Kier molecular flexibility index (Phi) is 3.98. The number of aliphatic hydroxyl groups is 1. The van der Waals surface area contributed by atoms with Crippen molar-refractivity contribution < 1.29 is 13.5 Å². The molecule has 1 atom stereocenters. The number of aryl methyl sites for hydroxylation is 1. The van der Waals surface area contributed by atoms with Gasteiger partial charge in [0.15, 0.2) is 0 Å². The van der Waals surface area contributed by atoms with Crippen LogP contribution in [-0.2, 0) is 10.0 Å². The molecule has 102 valence electrons. The van der Waals surface area contributed by atoms with E-state index in [1.807, 2.05) is 6.07 Å². The first-order valence-corrected chi connectivity index (χ1v) is 7.21. The van der Waals surface area contributed by atoms with Crippen LogP contribution in [0.5, 0.6) is 0 Å². The van der Waals surface area contributed by atoms with Gasteiger partial charge in [0.2, 0.25) is 10.0 Å². The lowest BCUT2D eigenvalue weighted by molar-refractivity contribution is 0.259. The molecule has 0 radical (unpaired) electrons. The molecular weight excluding hydrogens is 266 g/mol. The predicted molar refractivity (Wildman–Crippen MR) is 69.9 cm³/mol. The number of H-pyrrole nitrogens is 1. The Hall–Kier alpha value is -1.70. The van der Waals surface area contributed by atoms with E-state index in [1.54, 1.807) is 31.2 Å². The minimum Gasteiger partial charge on any atom is -0.394 e. The van der Waals surface area contributed by atoms with Crippen molar-refractivity contribution in [2.75, 3.05) is 6.61 Å². The van der Waals surface area contributed by atoms with E-state index < -0.39 is 16.1 Å². The standard InChI is InChI=1S/C12H15N3O3S/c1-9-12(7-13-14-9)19(17,18)15-11(8-16)10-5-3-2-4-6-10/h2-7,11,15-16H,8H2,1H3,(H,13,14). The molecule has 1 aromatic heterocycles. The van der Waals surface area contributed by atoms with Gasteiger partial charge in [0, 0.05) is 0 Å². The summed E-state index contributed by atoms with van der Waals surface area (Å²) in [6.45, 7) is 1.30. The van der Waals surface area contributed by atoms with Crippen molar-refractivity contribution >= 4 is 10.0 Å². The normalized spacial score (nSPS) is 13.4. The fourth-order valence-corrected chi connectivity index (χ4v) is 3.11. The molecule has 6 nitrogen and oxygen atoms in total. The number of aromatic nitrogens is 2. The number of rotatable bonds is 5. The van der Waals surface area contributed by atoms with Crippen molar-refractivity contribution in [3.05, 3.63) is 47.8 Å². The molecule has 0 fully saturated rings. The third-order valence-corrected chi connectivity index (χ3v) is 4.34. The third-order valence-electron chi connectivity index (χ3n) is 2.76. The summed E-state index contributed by atoms with van der Waals surface area (Å²) in [6, 6.07) is 8.23. The molecule has 2 aromatic rings. The fraction of sp³-hybridized carbons (Fsp3) is 0.250. The quantitative estimate of drug-likeness (QED) is 0.753. The van der Waals surface area contributed by atoms with E-state index in [0.29, 0.717) is 11.3 Å². The molecule has 0 aliphatic heterocycles. The average Bonchev–Trinajstić information content (AvgIpc) is 2.84. The van der Waals surface area contributed by atoms with Crippen molar-refractivity contribution in [1.29, 1.82) is 0 Å². The van der Waals surface area contributed by atoms with Gasteiger partial charge in [0.05, 0.1) is 24.5 Å². The van der Waals surface area contributed by atoms with Crippen molar-refractivity contribution in [2.45, 2.75) is 17.9 Å². The molecule has 0 aliphatic carbocycles. The topological polar surface area (TPSA) is 95.1 Å². The van der Waals surface area contributed by atoms with Crippen LogP contribution in [0, 0.1) is 6.92 Å². The maximum atomic E-state index is 12.2. The highest BCUT2D eigenvalue weighted by Crippen LogP contribution is 2.17. The van der Waals surface area contributed by atoms with Crippen molar-refractivity contribution in [3.63, 3.8) is 0 Å². The van der Waals surface area contributed by atoms with Gasteiger partial charge >= 0.3 is 0 Å². The molecule has 0 saturated carbocycles. The number of nitrogens with zero attached hydrogens (tertiary/aromatic N) is 1. The first kappa shape index (κ1) is 13.7. The van der Waals surface area contributed by atoms with Crippen LogP contribution in [0.2, 0.25) is 0 Å². The minimum absolute atomic E-state index is 0.0851. The number of benzene rings is 1. The highest BCUT2D eigenvalue weighted by Gasteiger charge is 2.23. The summed E-state index contributed by atoms with van der Waals surface area (Å²) in [7, 11) is -3.71. The van der Waals surface area contributed by atoms with Gasteiger partial charge in [-0.3, -0.25) is 5.10 Å². The average molecular weight is 281 g/mol. The highest BCUT2D eigenvalue weighted by molar-refractivity contribution is 7.89. The van der Waals surface area contributed by atoms with Crippen molar-refractivity contribution in [1.82, 2.24) is 14.9 Å². The summed E-state index contributed by atoms with van der Waals surface area (Å²) in [4.78, 5) is 0.0851. The van der Waals surface area contributed by atoms with Crippen LogP contribution >= 0.6 is 0 Å². The molecule has 19 heavy (non-hydrogen) atoms. The van der Waals surface area contributed by atoms with E-state index in [9.17, 15) is 13.5 Å². The summed E-state index contributed by atoms with van der Waals surface area (Å²) in [5, 5.41) is 15.6. The lowest BCUT2D eigenvalue weighted by Gasteiger charge is -2.16. The van der Waals surface area contributed by atoms with E-state index in [1.165, 1.54) is 6.20 Å². The molecule has 2 rings (SSSR count). The summed E-state index contributed by atoms with van der Waals surface area (Å²) in [5.74, 6) is 0. The number of hydrogen-bond acceptors (Lipinski definition) is 4. The van der Waals surface area contributed by atoms with Crippen LogP contribution in [0.3, 0.4) is 0 Å². The molecule has 0 aliphatic rings. The van der Waals surface area contributed by atoms with Gasteiger partial charge in [-0.2, -0.15) is 5.10 Å². The lowest BCUT2D eigenvalue weighted by Crippen LogP contribution is -2.31. The SMILES string of the molecule is Cc1[nH]ncc1S(=O)(=O)NC(CO)c1ccccc1. The summed E-state index contributed by atoms with van der Waals surface area (Å²) in [6.07, 6.45) is 1.25. The zero-order chi connectivity index (χ0) is 13.9. The second kappa shape index (κ2) is 5.52. The number of nitrogens with one attached hydrogen (secondary N) is 2. The predicted octanol–water partition coefficient (Wildman–Crippen LogP) is 0.730. The first-order chi connectivity index (χ1) is 9.04. The first-order valence-electron chi connectivity index (χ1n) is 5.72. The van der Waals surface area contributed by atoms with E-state index in [0.717, 1.165) is 0 Å². The Bertz CT molecular complexity index is 637. The molecule has 0 saturated heterocycles. The van der Waals surface area contributed by atoms with Gasteiger partial charge in [0.25, 0.3) is 0 Å². The molecule has 1 heterocycles. The minimum atomic E-state index is -3.71. The van der Waals surface area contributed by atoms with Crippen LogP contribution in [-0.4, -0.2) is 30.3 Å². The smallest absolute Gasteiger partial charge is 0.244 e. The molecule has 0 amide bonds. The van der Waals surface area contributed by atoms with Gasteiger partial charge in [-0.05, 0) is 12.5 Å². The maximum absolute atomic E-state index is 12.2. The number of sulfonamides is 1. The Morgan fingerprint density at radius 2 is 2.05 bits per heavy atom. The lowest BCUT2D eigenvalue weighted by atomic mass is 10.1. The molecule has 7 heteroatoms. The van der Waals surface area contributed by atoms with Gasteiger partial charge in [0.1, 0.15) is 4.90 Å². The van der Waals surface area contributed by atoms with Gasteiger partial charge in [-0.1, -0.05) is 30.3 Å². The number of hydrogen-bond donors (Lipinski definition) is 3. The Morgan fingerprint density at radius 3 is 2.58 bits per heavy atom. The third kappa shape index (κ3) is 3.01. The van der Waals surface area contributed by atoms with Crippen LogP contribution < -0.4 is 4.72 Å².